The molecule has 0 aliphatic carbocycles. The normalized spacial score (nSPS) is 18.4. The van der Waals surface area contributed by atoms with Gasteiger partial charge in [0.1, 0.15) is 0 Å². The Hall–Kier alpha value is -1.59. The van der Waals surface area contributed by atoms with Gasteiger partial charge >= 0.3 is 5.97 Å². The smallest absolute Gasteiger partial charge is 0.337 e. The molecule has 1 saturated heterocycles. The van der Waals surface area contributed by atoms with Crippen molar-refractivity contribution in [3.05, 3.63) is 28.8 Å². The van der Waals surface area contributed by atoms with Gasteiger partial charge in [-0.15, -0.1) is 0 Å². The maximum Gasteiger partial charge on any atom is 0.337 e. The average molecular weight is 298 g/mol. The molecule has 0 aromatic heterocycles. The highest BCUT2D eigenvalue weighted by molar-refractivity contribution is 6.33. The Morgan fingerprint density at radius 1 is 1.45 bits per heavy atom. The molecule has 1 aliphatic heterocycles. The standard InChI is InChI=1S/C14H16ClNO4/c1-19-14(18)9-4-5-11(15)12(7-9)16-13(17)10-3-2-6-20-8-10/h4-5,7,10H,2-3,6,8H2,1H3,(H,16,17). The number of carbonyl (C=O) groups is 2. The van der Waals surface area contributed by atoms with E-state index in [9.17, 15) is 9.59 Å². The highest BCUT2D eigenvalue weighted by Gasteiger charge is 2.22. The van der Waals surface area contributed by atoms with Crippen LogP contribution in [0.4, 0.5) is 5.69 Å². The van der Waals surface area contributed by atoms with E-state index >= 15 is 0 Å². The number of halogens is 1. The summed E-state index contributed by atoms with van der Waals surface area (Å²) in [4.78, 5) is 23.6. The fourth-order valence-corrected chi connectivity index (χ4v) is 2.21. The Labute approximate surface area is 122 Å². The van der Waals surface area contributed by atoms with E-state index in [0.717, 1.165) is 12.8 Å². The van der Waals surface area contributed by atoms with Crippen molar-refractivity contribution in [2.24, 2.45) is 5.92 Å². The van der Waals surface area contributed by atoms with E-state index in [2.05, 4.69) is 10.1 Å². The highest BCUT2D eigenvalue weighted by Crippen LogP contribution is 2.25. The lowest BCUT2D eigenvalue weighted by Gasteiger charge is -2.21. The number of esters is 1. The summed E-state index contributed by atoms with van der Waals surface area (Å²) in [5.41, 5.74) is 0.747. The molecule has 0 bridgehead atoms. The second-order valence-electron chi connectivity index (χ2n) is 4.59. The lowest BCUT2D eigenvalue weighted by atomic mass is 10.0. The van der Waals surface area contributed by atoms with Crippen LogP contribution in [0, 0.1) is 5.92 Å². The number of rotatable bonds is 3. The molecule has 1 atom stereocenters. The van der Waals surface area contributed by atoms with E-state index in [1.807, 2.05) is 0 Å². The molecule has 0 radical (unpaired) electrons. The van der Waals surface area contributed by atoms with Crippen molar-refractivity contribution < 1.29 is 19.1 Å². The lowest BCUT2D eigenvalue weighted by molar-refractivity contribution is -0.123. The Balaban J connectivity index is 2.11. The van der Waals surface area contributed by atoms with E-state index in [1.165, 1.54) is 13.2 Å². The van der Waals surface area contributed by atoms with E-state index in [4.69, 9.17) is 16.3 Å². The summed E-state index contributed by atoms with van der Waals surface area (Å²) in [6.07, 6.45) is 1.66. The second kappa shape index (κ2) is 6.72. The third-order valence-corrected chi connectivity index (χ3v) is 3.51. The number of benzene rings is 1. The molecule has 1 unspecified atom stereocenters. The van der Waals surface area contributed by atoms with Gasteiger partial charge in [-0.25, -0.2) is 4.79 Å². The predicted octanol–water partition coefficient (Wildman–Crippen LogP) is 2.49. The number of methoxy groups -OCH3 is 1. The molecule has 2 rings (SSSR count). The zero-order chi connectivity index (χ0) is 14.5. The molecule has 1 aliphatic rings. The first kappa shape index (κ1) is 14.8. The van der Waals surface area contributed by atoms with E-state index in [1.54, 1.807) is 12.1 Å². The summed E-state index contributed by atoms with van der Waals surface area (Å²) in [5, 5.41) is 3.12. The molecule has 108 valence electrons. The van der Waals surface area contributed by atoms with Crippen LogP contribution in [0.3, 0.4) is 0 Å². The molecule has 1 heterocycles. The zero-order valence-corrected chi connectivity index (χ0v) is 11.9. The summed E-state index contributed by atoms with van der Waals surface area (Å²) in [7, 11) is 1.30. The summed E-state index contributed by atoms with van der Waals surface area (Å²) in [5.74, 6) is -0.798. The Morgan fingerprint density at radius 3 is 2.90 bits per heavy atom. The van der Waals surface area contributed by atoms with Gasteiger partial charge in [0.25, 0.3) is 0 Å². The molecule has 0 saturated carbocycles. The lowest BCUT2D eigenvalue weighted by Crippen LogP contribution is -2.30. The third-order valence-electron chi connectivity index (χ3n) is 3.18. The number of hydrogen-bond donors (Lipinski definition) is 1. The highest BCUT2D eigenvalue weighted by atomic mass is 35.5. The van der Waals surface area contributed by atoms with Gasteiger partial charge in [-0.3, -0.25) is 4.79 Å². The van der Waals surface area contributed by atoms with Gasteiger partial charge in [0.05, 0.1) is 35.9 Å². The number of nitrogens with one attached hydrogen (secondary N) is 1. The second-order valence-corrected chi connectivity index (χ2v) is 5.00. The minimum absolute atomic E-state index is 0.145. The SMILES string of the molecule is COC(=O)c1ccc(Cl)c(NC(=O)C2CCCOC2)c1. The summed E-state index contributed by atoms with van der Waals surface area (Å²) in [6.45, 7) is 1.11. The number of amides is 1. The predicted molar refractivity (Wildman–Crippen MR) is 75.0 cm³/mol. The minimum Gasteiger partial charge on any atom is -0.465 e. The topological polar surface area (TPSA) is 64.6 Å². The summed E-state index contributed by atoms with van der Waals surface area (Å²) >= 11 is 6.03. The van der Waals surface area contributed by atoms with Crippen LogP contribution in [-0.4, -0.2) is 32.2 Å². The van der Waals surface area contributed by atoms with Crippen LogP contribution in [0.15, 0.2) is 18.2 Å². The Morgan fingerprint density at radius 2 is 2.25 bits per heavy atom. The number of ether oxygens (including phenoxy) is 2. The zero-order valence-electron chi connectivity index (χ0n) is 11.1. The van der Waals surface area contributed by atoms with Crippen molar-refractivity contribution in [1.29, 1.82) is 0 Å². The summed E-state index contributed by atoms with van der Waals surface area (Å²) < 4.78 is 9.92. The van der Waals surface area contributed by atoms with Crippen LogP contribution in [0.25, 0.3) is 0 Å². The molecule has 0 spiro atoms. The molecule has 1 aromatic carbocycles. The molecule has 1 N–H and O–H groups in total. The number of carbonyl (C=O) groups excluding carboxylic acids is 2. The molecule has 1 aromatic rings. The minimum atomic E-state index is -0.474. The van der Waals surface area contributed by atoms with Gasteiger partial charge < -0.3 is 14.8 Å². The van der Waals surface area contributed by atoms with Crippen molar-refractivity contribution in [3.63, 3.8) is 0 Å². The first-order chi connectivity index (χ1) is 9.61. The average Bonchev–Trinajstić information content (AvgIpc) is 2.49. The summed E-state index contributed by atoms with van der Waals surface area (Å²) in [6, 6.07) is 4.62. The monoisotopic (exact) mass is 297 g/mol. The molecular weight excluding hydrogens is 282 g/mol. The van der Waals surface area contributed by atoms with Crippen molar-refractivity contribution in [1.82, 2.24) is 0 Å². The van der Waals surface area contributed by atoms with E-state index in [-0.39, 0.29) is 11.8 Å². The van der Waals surface area contributed by atoms with Gasteiger partial charge in [0.15, 0.2) is 0 Å². The van der Waals surface area contributed by atoms with E-state index in [0.29, 0.717) is 29.5 Å². The third kappa shape index (κ3) is 3.49. The van der Waals surface area contributed by atoms with Crippen LogP contribution in [-0.2, 0) is 14.3 Å². The van der Waals surface area contributed by atoms with Crippen LogP contribution >= 0.6 is 11.6 Å². The fraction of sp³-hybridized carbons (Fsp3) is 0.429. The Kier molecular flexibility index (Phi) is 4.98. The van der Waals surface area contributed by atoms with Crippen LogP contribution in [0.2, 0.25) is 5.02 Å². The maximum absolute atomic E-state index is 12.1. The maximum atomic E-state index is 12.1. The van der Waals surface area contributed by atoms with Crippen LogP contribution in [0.5, 0.6) is 0 Å². The molecule has 20 heavy (non-hydrogen) atoms. The largest absolute Gasteiger partial charge is 0.465 e. The number of hydrogen-bond acceptors (Lipinski definition) is 4. The van der Waals surface area contributed by atoms with Gasteiger partial charge in [-0.1, -0.05) is 11.6 Å². The first-order valence-electron chi connectivity index (χ1n) is 6.38. The van der Waals surface area contributed by atoms with Crippen molar-refractivity contribution in [2.75, 3.05) is 25.6 Å². The first-order valence-corrected chi connectivity index (χ1v) is 6.76. The molecule has 5 nitrogen and oxygen atoms in total. The fourth-order valence-electron chi connectivity index (χ4n) is 2.05. The van der Waals surface area contributed by atoms with Crippen molar-refractivity contribution in [2.45, 2.75) is 12.8 Å². The van der Waals surface area contributed by atoms with Crippen LogP contribution in [0.1, 0.15) is 23.2 Å². The quantitative estimate of drug-likeness (QED) is 0.871. The van der Waals surface area contributed by atoms with Gasteiger partial charge in [0, 0.05) is 6.61 Å². The van der Waals surface area contributed by atoms with Crippen molar-refractivity contribution in [3.8, 4) is 0 Å². The van der Waals surface area contributed by atoms with Gasteiger partial charge in [0.2, 0.25) is 5.91 Å². The van der Waals surface area contributed by atoms with Gasteiger partial charge in [-0.2, -0.15) is 0 Å². The molecule has 1 fully saturated rings. The molecule has 6 heteroatoms. The Bertz CT molecular complexity index is 512. The van der Waals surface area contributed by atoms with Gasteiger partial charge in [-0.05, 0) is 31.0 Å². The molecular formula is C14H16ClNO4. The van der Waals surface area contributed by atoms with Crippen LogP contribution < -0.4 is 5.32 Å². The number of anilines is 1. The molecule has 1 amide bonds. The van der Waals surface area contributed by atoms with Crippen molar-refractivity contribution >= 4 is 29.2 Å². The van der Waals surface area contributed by atoms with E-state index < -0.39 is 5.97 Å².